The third-order valence-corrected chi connectivity index (χ3v) is 11.4. The molecule has 3 nitrogen and oxygen atoms in total. The Morgan fingerprint density at radius 3 is 1.92 bits per heavy atom. The molecule has 5 heterocycles. The summed E-state index contributed by atoms with van der Waals surface area (Å²) in [5, 5.41) is 0. The minimum absolute atomic E-state index is 0.175. The molecule has 0 aromatic carbocycles. The van der Waals surface area contributed by atoms with Crippen molar-refractivity contribution < 1.29 is 22.8 Å². The Labute approximate surface area is 235 Å². The second-order valence-electron chi connectivity index (χ2n) is 9.24. The van der Waals surface area contributed by atoms with E-state index in [-0.39, 0.29) is 18.2 Å². The molecule has 4 aromatic rings. The van der Waals surface area contributed by atoms with Gasteiger partial charge in [-0.05, 0) is 68.1 Å². The molecule has 0 saturated heterocycles. The second kappa shape index (κ2) is 11.5. The minimum Gasteiger partial charge on any atom is -0.274 e. The van der Waals surface area contributed by atoms with Crippen LogP contribution in [0.5, 0.6) is 0 Å². The zero-order valence-corrected chi connectivity index (χ0v) is 24.0. The molecule has 5 rings (SSSR count). The normalized spacial score (nSPS) is 13.6. The first-order chi connectivity index (χ1) is 18.2. The third kappa shape index (κ3) is 5.98. The lowest BCUT2D eigenvalue weighted by Gasteiger charge is -2.12. The van der Waals surface area contributed by atoms with Crippen LogP contribution in [0.1, 0.15) is 70.4 Å². The summed E-state index contributed by atoms with van der Waals surface area (Å²) in [5.74, 6) is -0.358. The summed E-state index contributed by atoms with van der Waals surface area (Å²) in [5.41, 5.74) is 0.522. The summed E-state index contributed by atoms with van der Waals surface area (Å²) in [6.07, 6.45) is -0.665. The summed E-state index contributed by atoms with van der Waals surface area (Å²) in [7, 11) is 0. The van der Waals surface area contributed by atoms with E-state index in [0.717, 1.165) is 45.2 Å². The average Bonchev–Trinajstić information content (AvgIpc) is 3.68. The number of amides is 2. The Morgan fingerprint density at radius 1 is 0.711 bits per heavy atom. The Bertz CT molecular complexity index is 1410. The van der Waals surface area contributed by atoms with Gasteiger partial charge in [-0.1, -0.05) is 19.8 Å². The Hall–Kier alpha value is -2.27. The van der Waals surface area contributed by atoms with Crippen molar-refractivity contribution in [1.82, 2.24) is 4.90 Å². The van der Waals surface area contributed by atoms with Gasteiger partial charge in [0.15, 0.2) is 0 Å². The number of alkyl halides is 3. The Kier molecular flexibility index (Phi) is 8.23. The third-order valence-electron chi connectivity index (χ3n) is 6.37. The molecule has 0 bridgehead atoms. The number of imide groups is 1. The lowest BCUT2D eigenvalue weighted by atomic mass is 10.1. The van der Waals surface area contributed by atoms with Gasteiger partial charge in [0.2, 0.25) is 0 Å². The summed E-state index contributed by atoms with van der Waals surface area (Å²) in [4.78, 5) is 35.2. The summed E-state index contributed by atoms with van der Waals surface area (Å²) >= 11 is 6.46. The van der Waals surface area contributed by atoms with Crippen LogP contribution in [0, 0.1) is 0 Å². The lowest BCUT2D eigenvalue weighted by Crippen LogP contribution is -2.30. The molecule has 10 heteroatoms. The minimum atomic E-state index is -4.06. The number of unbranched alkanes of at least 4 members (excludes halogenated alkanes) is 3. The molecule has 1 aliphatic heterocycles. The zero-order chi connectivity index (χ0) is 26.9. The highest BCUT2D eigenvalue weighted by atomic mass is 32.1. The summed E-state index contributed by atoms with van der Waals surface area (Å²) < 4.78 is 36.9. The van der Waals surface area contributed by atoms with Gasteiger partial charge in [0.25, 0.3) is 11.8 Å². The van der Waals surface area contributed by atoms with Crippen molar-refractivity contribution in [1.29, 1.82) is 0 Å². The van der Waals surface area contributed by atoms with Crippen molar-refractivity contribution in [2.75, 3.05) is 6.54 Å². The monoisotopic (exact) mass is 593 g/mol. The number of carbonyl (C=O) groups is 2. The maximum absolute atomic E-state index is 12.7. The van der Waals surface area contributed by atoms with E-state index < -0.39 is 12.6 Å². The van der Waals surface area contributed by atoms with Crippen LogP contribution in [0.15, 0.2) is 42.5 Å². The number of nitrogens with zero attached hydrogens (tertiary/aromatic N) is 1. The van der Waals surface area contributed by atoms with Crippen molar-refractivity contribution in [2.24, 2.45) is 0 Å². The highest BCUT2D eigenvalue weighted by Gasteiger charge is 2.37. The predicted molar refractivity (Wildman–Crippen MR) is 153 cm³/mol. The molecule has 0 atom stereocenters. The van der Waals surface area contributed by atoms with Crippen molar-refractivity contribution >= 4 is 57.2 Å². The Balaban J connectivity index is 1.22. The topological polar surface area (TPSA) is 37.4 Å². The van der Waals surface area contributed by atoms with Gasteiger partial charge in [-0.3, -0.25) is 14.5 Å². The number of thiophene rings is 4. The van der Waals surface area contributed by atoms with Gasteiger partial charge in [0, 0.05) is 47.1 Å². The molecule has 0 aliphatic carbocycles. The van der Waals surface area contributed by atoms with Gasteiger partial charge in [-0.2, -0.15) is 13.2 Å². The van der Waals surface area contributed by atoms with Crippen molar-refractivity contribution in [3.05, 3.63) is 57.8 Å². The quantitative estimate of drug-likeness (QED) is 0.128. The summed E-state index contributed by atoms with van der Waals surface area (Å²) in [6, 6.07) is 14.4. The van der Waals surface area contributed by atoms with E-state index in [4.69, 9.17) is 0 Å². The number of hydrogen-bond donors (Lipinski definition) is 0. The van der Waals surface area contributed by atoms with Crippen LogP contribution in [-0.4, -0.2) is 29.4 Å². The van der Waals surface area contributed by atoms with E-state index in [1.54, 1.807) is 34.0 Å². The molecular weight excluding hydrogens is 568 g/mol. The summed E-state index contributed by atoms with van der Waals surface area (Å²) in [6.45, 7) is 2.51. The predicted octanol–water partition coefficient (Wildman–Crippen LogP) is 9.99. The van der Waals surface area contributed by atoms with Gasteiger partial charge in [-0.25, -0.2) is 0 Å². The first-order valence-corrected chi connectivity index (χ1v) is 15.9. The van der Waals surface area contributed by atoms with Crippen molar-refractivity contribution in [3.63, 3.8) is 0 Å². The van der Waals surface area contributed by atoms with E-state index in [2.05, 4.69) is 30.3 Å². The molecule has 200 valence electrons. The SMILES string of the molecule is CCCCN1C(=O)c2cc(-c3ccc(-c4ccc(-c5ccc(CCCCCC(F)(F)F)s5)s4)s3)sc2C1=O. The Morgan fingerprint density at radius 2 is 1.32 bits per heavy atom. The first-order valence-electron chi connectivity index (χ1n) is 12.6. The number of carbonyl (C=O) groups excluding carboxylic acids is 2. The number of fused-ring (bicyclic) bond motifs is 1. The number of rotatable bonds is 11. The van der Waals surface area contributed by atoms with Crippen LogP contribution in [0.4, 0.5) is 13.2 Å². The first kappa shape index (κ1) is 27.3. The molecule has 0 unspecified atom stereocenters. The molecule has 0 N–H and O–H groups in total. The highest BCUT2D eigenvalue weighted by molar-refractivity contribution is 7.28. The van der Waals surface area contributed by atoms with E-state index in [0.29, 0.717) is 23.4 Å². The van der Waals surface area contributed by atoms with Crippen LogP contribution in [0.2, 0.25) is 0 Å². The fraction of sp³-hybridized carbons (Fsp3) is 0.357. The highest BCUT2D eigenvalue weighted by Crippen LogP contribution is 2.44. The second-order valence-corrected chi connectivity index (χ2v) is 13.6. The molecule has 1 aliphatic rings. The molecular formula is C28H26F3NO2S4. The van der Waals surface area contributed by atoms with Gasteiger partial charge in [0.1, 0.15) is 4.88 Å². The largest absolute Gasteiger partial charge is 0.389 e. The van der Waals surface area contributed by atoms with E-state index in [1.807, 2.05) is 19.1 Å². The van der Waals surface area contributed by atoms with Gasteiger partial charge < -0.3 is 0 Å². The van der Waals surface area contributed by atoms with Crippen LogP contribution in [0.3, 0.4) is 0 Å². The van der Waals surface area contributed by atoms with Crippen LogP contribution >= 0.6 is 45.3 Å². The standard InChI is InChI=1S/C28H26F3NO2S4/c1-2-3-15-32-26(33)18-16-24(38-25(18)27(32)34)23-13-12-22(37-23)21-11-10-20(36-21)19-9-8-17(35-19)7-5-4-6-14-28(29,30)31/h8-13,16H,2-7,14-15H2,1H3. The van der Waals surface area contributed by atoms with Crippen LogP contribution < -0.4 is 0 Å². The molecule has 0 fully saturated rings. The molecule has 4 aromatic heterocycles. The number of hydrogen-bond acceptors (Lipinski definition) is 6. The smallest absolute Gasteiger partial charge is 0.274 e. The van der Waals surface area contributed by atoms with Gasteiger partial charge >= 0.3 is 6.18 Å². The zero-order valence-electron chi connectivity index (χ0n) is 20.7. The molecule has 0 saturated carbocycles. The van der Waals surface area contributed by atoms with E-state index in [9.17, 15) is 22.8 Å². The van der Waals surface area contributed by atoms with Gasteiger partial charge in [0.05, 0.1) is 5.56 Å². The fourth-order valence-corrected chi connectivity index (χ4v) is 8.78. The van der Waals surface area contributed by atoms with Crippen molar-refractivity contribution in [3.8, 4) is 29.3 Å². The van der Waals surface area contributed by atoms with E-state index in [1.165, 1.54) is 30.9 Å². The molecule has 2 amide bonds. The lowest BCUT2D eigenvalue weighted by molar-refractivity contribution is -0.135. The van der Waals surface area contributed by atoms with E-state index >= 15 is 0 Å². The van der Waals surface area contributed by atoms with Crippen LogP contribution in [0.25, 0.3) is 29.3 Å². The number of aryl methyl sites for hydroxylation is 1. The molecule has 38 heavy (non-hydrogen) atoms. The van der Waals surface area contributed by atoms with Crippen LogP contribution in [-0.2, 0) is 6.42 Å². The van der Waals surface area contributed by atoms with Crippen molar-refractivity contribution in [2.45, 2.75) is 58.0 Å². The average molecular weight is 594 g/mol. The maximum Gasteiger partial charge on any atom is 0.389 e. The molecule has 0 spiro atoms. The molecule has 0 radical (unpaired) electrons. The maximum atomic E-state index is 12.7. The number of halogens is 3. The van der Waals surface area contributed by atoms with Gasteiger partial charge in [-0.15, -0.1) is 45.3 Å². The fourth-order valence-electron chi connectivity index (χ4n) is 4.36.